The molecular weight excluding hydrogens is 440 g/mol. The third kappa shape index (κ3) is 4.66. The minimum absolute atomic E-state index is 0.131. The van der Waals surface area contributed by atoms with E-state index in [9.17, 15) is 14.7 Å². The number of nitrogens with zero attached hydrogens (tertiary/aromatic N) is 4. The van der Waals surface area contributed by atoms with Crippen LogP contribution < -0.4 is 4.90 Å². The summed E-state index contributed by atoms with van der Waals surface area (Å²) in [6, 6.07) is 7.11. The molecule has 4 rings (SSSR count). The molecule has 1 amide bonds. The summed E-state index contributed by atoms with van der Waals surface area (Å²) in [6.07, 6.45) is 0. The first-order chi connectivity index (χ1) is 15.8. The van der Waals surface area contributed by atoms with Crippen molar-refractivity contribution >= 4 is 28.7 Å². The fourth-order valence-corrected chi connectivity index (χ4v) is 5.23. The smallest absolute Gasteiger partial charge is 0.290 e. The van der Waals surface area contributed by atoms with Gasteiger partial charge in [-0.3, -0.25) is 14.5 Å². The number of morpholine rings is 1. The second-order valence-corrected chi connectivity index (χ2v) is 9.78. The number of anilines is 1. The fraction of sp³-hybridized carbons (Fsp3) is 0.458. The minimum Gasteiger partial charge on any atom is -0.503 e. The summed E-state index contributed by atoms with van der Waals surface area (Å²) in [4.78, 5) is 37.4. The van der Waals surface area contributed by atoms with Crippen molar-refractivity contribution in [3.63, 3.8) is 0 Å². The average molecular weight is 471 g/mol. The Kier molecular flexibility index (Phi) is 6.83. The number of aliphatic hydroxyl groups excluding tert-OH is 1. The Morgan fingerprint density at radius 1 is 1.18 bits per heavy atom. The van der Waals surface area contributed by atoms with E-state index in [-0.39, 0.29) is 11.4 Å². The molecule has 3 heterocycles. The second-order valence-electron chi connectivity index (χ2n) is 8.58. The lowest BCUT2D eigenvalue weighted by Gasteiger charge is -2.31. The molecule has 1 unspecified atom stereocenters. The molecule has 1 fully saturated rings. The number of amides is 1. The number of Topliss-reactive ketones (excluding diaryl/α,β-unsaturated/α-hetero) is 1. The van der Waals surface area contributed by atoms with Crippen molar-refractivity contribution in [1.82, 2.24) is 14.8 Å². The number of carbonyl (C=O) groups is 2. The van der Waals surface area contributed by atoms with Crippen molar-refractivity contribution in [2.45, 2.75) is 19.9 Å². The van der Waals surface area contributed by atoms with E-state index in [0.717, 1.165) is 29.3 Å². The number of hydrogen-bond donors (Lipinski definition) is 1. The Labute approximate surface area is 198 Å². The molecule has 0 saturated carbocycles. The number of hydrogen-bond acceptors (Lipinski definition) is 8. The summed E-state index contributed by atoms with van der Waals surface area (Å²) in [5, 5.41) is 11.7. The van der Waals surface area contributed by atoms with Crippen LogP contribution in [0.5, 0.6) is 0 Å². The van der Waals surface area contributed by atoms with E-state index in [1.807, 2.05) is 50.2 Å². The lowest BCUT2D eigenvalue weighted by Crippen LogP contribution is -2.43. The van der Waals surface area contributed by atoms with Crippen LogP contribution >= 0.6 is 11.3 Å². The van der Waals surface area contributed by atoms with Gasteiger partial charge in [0.2, 0.25) is 5.78 Å². The molecule has 2 aromatic rings. The summed E-state index contributed by atoms with van der Waals surface area (Å²) < 4.78 is 5.42. The van der Waals surface area contributed by atoms with E-state index >= 15 is 0 Å². The molecule has 2 aliphatic heterocycles. The van der Waals surface area contributed by atoms with E-state index < -0.39 is 17.7 Å². The predicted octanol–water partition coefficient (Wildman–Crippen LogP) is 2.74. The number of ketones is 1. The van der Waals surface area contributed by atoms with Gasteiger partial charge in [-0.05, 0) is 31.5 Å². The topological polar surface area (TPSA) is 86.2 Å². The summed E-state index contributed by atoms with van der Waals surface area (Å²) >= 11 is 1.29. The summed E-state index contributed by atoms with van der Waals surface area (Å²) in [6.45, 7) is 7.61. The van der Waals surface area contributed by atoms with Gasteiger partial charge in [-0.15, -0.1) is 11.3 Å². The molecule has 2 aliphatic rings. The largest absolute Gasteiger partial charge is 0.503 e. The quantitative estimate of drug-likeness (QED) is 0.623. The monoisotopic (exact) mass is 470 g/mol. The highest BCUT2D eigenvalue weighted by atomic mass is 32.1. The van der Waals surface area contributed by atoms with Crippen molar-refractivity contribution in [2.24, 2.45) is 0 Å². The zero-order valence-electron chi connectivity index (χ0n) is 19.5. The SMILES string of the molecule is Cc1nc(C)c(C(=O)C2=C(O)C(=O)N(CCN3CCOCC3)C2c2ccc(N(C)C)cc2)s1. The molecule has 1 N–H and O–H groups in total. The van der Waals surface area contributed by atoms with Crippen LogP contribution in [-0.4, -0.2) is 85.1 Å². The average Bonchev–Trinajstić information content (AvgIpc) is 3.28. The Balaban J connectivity index is 1.70. The van der Waals surface area contributed by atoms with E-state index in [0.29, 0.717) is 36.9 Å². The highest BCUT2D eigenvalue weighted by Crippen LogP contribution is 2.40. The molecule has 0 bridgehead atoms. The molecule has 0 aliphatic carbocycles. The molecule has 9 heteroatoms. The van der Waals surface area contributed by atoms with Crippen LogP contribution in [0.25, 0.3) is 0 Å². The number of benzene rings is 1. The Morgan fingerprint density at radius 2 is 1.85 bits per heavy atom. The minimum atomic E-state index is -0.649. The fourth-order valence-electron chi connectivity index (χ4n) is 4.36. The number of aromatic nitrogens is 1. The van der Waals surface area contributed by atoms with Crippen molar-refractivity contribution in [1.29, 1.82) is 0 Å². The predicted molar refractivity (Wildman–Crippen MR) is 128 cm³/mol. The Bertz CT molecular complexity index is 1070. The van der Waals surface area contributed by atoms with Crippen LogP contribution in [0.2, 0.25) is 0 Å². The maximum Gasteiger partial charge on any atom is 0.290 e. The van der Waals surface area contributed by atoms with Crippen LogP contribution in [0.15, 0.2) is 35.6 Å². The van der Waals surface area contributed by atoms with Crippen LogP contribution in [0.4, 0.5) is 5.69 Å². The highest BCUT2D eigenvalue weighted by molar-refractivity contribution is 7.14. The van der Waals surface area contributed by atoms with Gasteiger partial charge in [0, 0.05) is 46.0 Å². The first kappa shape index (κ1) is 23.4. The van der Waals surface area contributed by atoms with Crippen molar-refractivity contribution < 1.29 is 19.4 Å². The number of carbonyl (C=O) groups excluding carboxylic acids is 2. The number of rotatable bonds is 7. The van der Waals surface area contributed by atoms with Gasteiger partial charge in [0.1, 0.15) is 0 Å². The van der Waals surface area contributed by atoms with Gasteiger partial charge in [-0.2, -0.15) is 0 Å². The number of aliphatic hydroxyl groups is 1. The van der Waals surface area contributed by atoms with Gasteiger partial charge in [0.25, 0.3) is 5.91 Å². The zero-order valence-corrected chi connectivity index (χ0v) is 20.3. The second kappa shape index (κ2) is 9.62. The maximum absolute atomic E-state index is 13.6. The van der Waals surface area contributed by atoms with E-state index in [4.69, 9.17) is 4.74 Å². The molecule has 1 aromatic carbocycles. The Hall–Kier alpha value is -2.75. The summed E-state index contributed by atoms with van der Waals surface area (Å²) in [7, 11) is 3.91. The van der Waals surface area contributed by atoms with E-state index in [2.05, 4.69) is 9.88 Å². The Morgan fingerprint density at radius 3 is 2.42 bits per heavy atom. The molecule has 1 saturated heterocycles. The third-order valence-corrected chi connectivity index (χ3v) is 7.22. The molecule has 1 atom stereocenters. The van der Waals surface area contributed by atoms with Crippen LogP contribution in [0, 0.1) is 13.8 Å². The number of ether oxygens (including phenoxy) is 1. The normalized spacial score (nSPS) is 19.5. The number of thiazole rings is 1. The lowest BCUT2D eigenvalue weighted by atomic mass is 9.95. The van der Waals surface area contributed by atoms with Crippen LogP contribution in [0.1, 0.15) is 32.0 Å². The zero-order chi connectivity index (χ0) is 23.7. The first-order valence-corrected chi connectivity index (χ1v) is 11.9. The molecule has 33 heavy (non-hydrogen) atoms. The van der Waals surface area contributed by atoms with Gasteiger partial charge in [-0.25, -0.2) is 4.98 Å². The van der Waals surface area contributed by atoms with Crippen molar-refractivity contribution in [3.8, 4) is 0 Å². The van der Waals surface area contributed by atoms with Crippen molar-refractivity contribution in [2.75, 3.05) is 58.4 Å². The number of aryl methyl sites for hydroxylation is 2. The standard InChI is InChI=1S/C24H30N4O4S/c1-15-23(33-16(2)25-15)21(29)19-20(17-5-7-18(8-6-17)26(3)4)28(24(31)22(19)30)10-9-27-11-13-32-14-12-27/h5-8,20,30H,9-14H2,1-4H3. The third-order valence-electron chi connectivity index (χ3n) is 6.14. The summed E-state index contributed by atoms with van der Waals surface area (Å²) in [5.41, 5.74) is 2.55. The van der Waals surface area contributed by atoms with Gasteiger partial charge in [0.15, 0.2) is 5.76 Å². The summed E-state index contributed by atoms with van der Waals surface area (Å²) in [5.74, 6) is -1.30. The lowest BCUT2D eigenvalue weighted by molar-refractivity contribution is -0.129. The van der Waals surface area contributed by atoms with E-state index in [1.165, 1.54) is 11.3 Å². The molecule has 1 aromatic heterocycles. The highest BCUT2D eigenvalue weighted by Gasteiger charge is 2.44. The van der Waals surface area contributed by atoms with Crippen molar-refractivity contribution in [3.05, 3.63) is 56.7 Å². The van der Waals surface area contributed by atoms with Gasteiger partial charge < -0.3 is 19.6 Å². The molecule has 8 nitrogen and oxygen atoms in total. The van der Waals surface area contributed by atoms with Gasteiger partial charge in [0.05, 0.1) is 40.4 Å². The van der Waals surface area contributed by atoms with Gasteiger partial charge in [-0.1, -0.05) is 12.1 Å². The molecule has 0 radical (unpaired) electrons. The van der Waals surface area contributed by atoms with Gasteiger partial charge >= 0.3 is 0 Å². The van der Waals surface area contributed by atoms with Crippen LogP contribution in [-0.2, 0) is 9.53 Å². The van der Waals surface area contributed by atoms with Crippen LogP contribution in [0.3, 0.4) is 0 Å². The maximum atomic E-state index is 13.6. The molecular formula is C24H30N4O4S. The molecule has 176 valence electrons. The van der Waals surface area contributed by atoms with E-state index in [1.54, 1.807) is 11.8 Å². The first-order valence-electron chi connectivity index (χ1n) is 11.1. The molecule has 0 spiro atoms.